The van der Waals surface area contributed by atoms with Gasteiger partial charge in [0.15, 0.2) is 0 Å². The number of pyridine rings is 2. The predicted molar refractivity (Wildman–Crippen MR) is 67.4 cm³/mol. The Morgan fingerprint density at radius 3 is 1.53 bits per heavy atom. The first-order valence-electron chi connectivity index (χ1n) is 4.97. The lowest BCUT2D eigenvalue weighted by molar-refractivity contribution is 0.0686. The summed E-state index contributed by atoms with van der Waals surface area (Å²) in [6.45, 7) is 0. The highest BCUT2D eigenvalue weighted by molar-refractivity contribution is 5.90. The van der Waals surface area contributed by atoms with Crippen LogP contribution in [-0.4, -0.2) is 32.1 Å². The third-order valence-corrected chi connectivity index (χ3v) is 2.28. The molecule has 0 spiro atoms. The smallest absolute Gasteiger partial charge is 0.335 e. The zero-order chi connectivity index (χ0) is 13.1. The van der Waals surface area contributed by atoms with Crippen molar-refractivity contribution in [3.63, 3.8) is 0 Å². The summed E-state index contributed by atoms with van der Waals surface area (Å²) in [7, 11) is 0. The number of carbonyl (C=O) groups is 2. The van der Waals surface area contributed by atoms with Gasteiger partial charge in [0.25, 0.3) is 0 Å². The molecule has 2 heterocycles. The van der Waals surface area contributed by atoms with Gasteiger partial charge in [-0.15, -0.1) is 0 Å². The SMILES string of the molecule is O=C(O)c1ccnc(-c2cc(C(=O)O)ccn2)c1.[NH4+]. The fraction of sp³-hybridized carbons (Fsp3) is 0. The molecule has 2 aromatic rings. The van der Waals surface area contributed by atoms with Gasteiger partial charge >= 0.3 is 11.9 Å². The summed E-state index contributed by atoms with van der Waals surface area (Å²) in [5.41, 5.74) is 0.779. The minimum atomic E-state index is -1.08. The Labute approximate surface area is 108 Å². The van der Waals surface area contributed by atoms with Crippen molar-refractivity contribution in [2.24, 2.45) is 0 Å². The van der Waals surface area contributed by atoms with Crippen LogP contribution in [0.25, 0.3) is 11.4 Å². The van der Waals surface area contributed by atoms with E-state index in [9.17, 15) is 9.59 Å². The first kappa shape index (κ1) is 14.3. The second kappa shape index (κ2) is 5.69. The Kier molecular flexibility index (Phi) is 4.27. The van der Waals surface area contributed by atoms with Crippen LogP contribution >= 0.6 is 0 Å². The zero-order valence-corrected chi connectivity index (χ0v) is 10.1. The van der Waals surface area contributed by atoms with Gasteiger partial charge in [-0.05, 0) is 24.3 Å². The second-order valence-corrected chi connectivity index (χ2v) is 3.47. The first-order chi connectivity index (χ1) is 8.58. The zero-order valence-electron chi connectivity index (χ0n) is 10.1. The van der Waals surface area contributed by atoms with Crippen LogP contribution in [0.1, 0.15) is 20.7 Å². The van der Waals surface area contributed by atoms with Gasteiger partial charge in [0, 0.05) is 12.4 Å². The standard InChI is InChI=1S/C12H8N2O4.H3N/c15-11(16)7-1-3-13-9(5-7)10-6-8(12(17)18)2-4-14-10;/h1-6H,(H,15,16)(H,17,18);1H3/p+1. The van der Waals surface area contributed by atoms with E-state index in [0.717, 1.165) is 0 Å². The third-order valence-electron chi connectivity index (χ3n) is 2.28. The molecule has 7 nitrogen and oxygen atoms in total. The topological polar surface area (TPSA) is 137 Å². The minimum Gasteiger partial charge on any atom is -0.478 e. The number of hydrogen-bond donors (Lipinski definition) is 3. The molecule has 0 unspecified atom stereocenters. The summed E-state index contributed by atoms with van der Waals surface area (Å²) in [4.78, 5) is 29.6. The normalized spacial score (nSPS) is 9.47. The molecule has 0 aliphatic rings. The molecule has 0 bridgehead atoms. The average Bonchev–Trinajstić information content (AvgIpc) is 2.39. The van der Waals surface area contributed by atoms with Gasteiger partial charge in [-0.3, -0.25) is 9.97 Å². The average molecular weight is 262 g/mol. The molecule has 6 N–H and O–H groups in total. The maximum Gasteiger partial charge on any atom is 0.335 e. The summed E-state index contributed by atoms with van der Waals surface area (Å²) in [5, 5.41) is 17.7. The van der Waals surface area contributed by atoms with Gasteiger partial charge in [0.05, 0.1) is 22.5 Å². The van der Waals surface area contributed by atoms with Crippen molar-refractivity contribution in [1.82, 2.24) is 16.1 Å². The molecule has 0 aliphatic heterocycles. The summed E-state index contributed by atoms with van der Waals surface area (Å²) in [6.07, 6.45) is 2.68. The molecule has 0 saturated heterocycles. The molecule has 19 heavy (non-hydrogen) atoms. The van der Waals surface area contributed by atoms with Crippen LogP contribution in [0.15, 0.2) is 36.7 Å². The number of aromatic carboxylic acids is 2. The number of carboxylic acids is 2. The van der Waals surface area contributed by atoms with E-state index < -0.39 is 11.9 Å². The fourth-order valence-corrected chi connectivity index (χ4v) is 1.41. The molecule has 0 aliphatic carbocycles. The van der Waals surface area contributed by atoms with Crippen molar-refractivity contribution in [2.75, 3.05) is 0 Å². The fourth-order valence-electron chi connectivity index (χ4n) is 1.41. The van der Waals surface area contributed by atoms with Crippen LogP contribution in [0.2, 0.25) is 0 Å². The lowest BCUT2D eigenvalue weighted by Crippen LogP contribution is -2.00. The molecule has 0 radical (unpaired) electrons. The van der Waals surface area contributed by atoms with E-state index in [-0.39, 0.29) is 17.3 Å². The molecule has 98 valence electrons. The molecular formula is C12H12N3O4+. The molecule has 0 aromatic carbocycles. The molecule has 7 heteroatoms. The predicted octanol–water partition coefficient (Wildman–Crippen LogP) is 1.92. The van der Waals surface area contributed by atoms with Gasteiger partial charge < -0.3 is 16.4 Å². The van der Waals surface area contributed by atoms with Crippen LogP contribution in [-0.2, 0) is 0 Å². The molecule has 2 aromatic heterocycles. The van der Waals surface area contributed by atoms with Crippen molar-refractivity contribution in [1.29, 1.82) is 0 Å². The highest BCUT2D eigenvalue weighted by Crippen LogP contribution is 2.16. The molecule has 0 atom stereocenters. The molecule has 2 rings (SSSR count). The largest absolute Gasteiger partial charge is 0.478 e. The summed E-state index contributed by atoms with van der Waals surface area (Å²) >= 11 is 0. The van der Waals surface area contributed by atoms with E-state index in [1.165, 1.54) is 36.7 Å². The highest BCUT2D eigenvalue weighted by Gasteiger charge is 2.09. The Hall–Kier alpha value is -2.80. The molecular weight excluding hydrogens is 250 g/mol. The third kappa shape index (κ3) is 3.11. The number of quaternary nitrogens is 1. The molecule has 0 fully saturated rings. The van der Waals surface area contributed by atoms with E-state index in [0.29, 0.717) is 11.4 Å². The van der Waals surface area contributed by atoms with Crippen LogP contribution in [0.4, 0.5) is 0 Å². The minimum absolute atomic E-state index is 0. The summed E-state index contributed by atoms with van der Waals surface area (Å²) < 4.78 is 0. The Balaban J connectivity index is 0.00000180. The van der Waals surface area contributed by atoms with Crippen LogP contribution in [0.3, 0.4) is 0 Å². The number of aromatic nitrogens is 2. The number of rotatable bonds is 3. The van der Waals surface area contributed by atoms with Crippen LogP contribution < -0.4 is 6.15 Å². The molecule has 0 amide bonds. The summed E-state index contributed by atoms with van der Waals surface area (Å²) in [5.74, 6) is -2.15. The van der Waals surface area contributed by atoms with Crippen molar-refractivity contribution in [2.45, 2.75) is 0 Å². The lowest BCUT2D eigenvalue weighted by atomic mass is 10.1. The van der Waals surface area contributed by atoms with Crippen molar-refractivity contribution < 1.29 is 19.8 Å². The van der Waals surface area contributed by atoms with Gasteiger partial charge in [-0.25, -0.2) is 9.59 Å². The van der Waals surface area contributed by atoms with Crippen molar-refractivity contribution in [3.8, 4) is 11.4 Å². The molecule has 0 saturated carbocycles. The lowest BCUT2D eigenvalue weighted by Gasteiger charge is -2.02. The second-order valence-electron chi connectivity index (χ2n) is 3.47. The number of nitrogens with zero attached hydrogens (tertiary/aromatic N) is 2. The first-order valence-corrected chi connectivity index (χ1v) is 4.97. The van der Waals surface area contributed by atoms with Gasteiger partial charge in [-0.2, -0.15) is 0 Å². The Morgan fingerprint density at radius 1 is 0.842 bits per heavy atom. The number of hydrogen-bond acceptors (Lipinski definition) is 4. The number of carboxylic acid groups (broad SMARTS) is 2. The monoisotopic (exact) mass is 262 g/mol. The van der Waals surface area contributed by atoms with Gasteiger partial charge in [-0.1, -0.05) is 0 Å². The highest BCUT2D eigenvalue weighted by atomic mass is 16.4. The van der Waals surface area contributed by atoms with Crippen LogP contribution in [0.5, 0.6) is 0 Å². The maximum atomic E-state index is 10.8. The van der Waals surface area contributed by atoms with E-state index in [4.69, 9.17) is 10.2 Å². The van der Waals surface area contributed by atoms with Crippen LogP contribution in [0, 0.1) is 0 Å². The van der Waals surface area contributed by atoms with Gasteiger partial charge in [0.1, 0.15) is 0 Å². The van der Waals surface area contributed by atoms with E-state index in [1.54, 1.807) is 0 Å². The maximum absolute atomic E-state index is 10.8. The van der Waals surface area contributed by atoms with E-state index in [2.05, 4.69) is 9.97 Å². The quantitative estimate of drug-likeness (QED) is 0.772. The summed E-state index contributed by atoms with van der Waals surface area (Å²) in [6, 6.07) is 5.40. The Morgan fingerprint density at radius 2 is 1.21 bits per heavy atom. The van der Waals surface area contributed by atoms with Crippen molar-refractivity contribution in [3.05, 3.63) is 47.8 Å². The van der Waals surface area contributed by atoms with Crippen molar-refractivity contribution >= 4 is 11.9 Å². The van der Waals surface area contributed by atoms with E-state index in [1.807, 2.05) is 0 Å². The van der Waals surface area contributed by atoms with E-state index >= 15 is 0 Å². The van der Waals surface area contributed by atoms with Gasteiger partial charge in [0.2, 0.25) is 0 Å². The Bertz CT molecular complexity index is 572.